The first-order valence-corrected chi connectivity index (χ1v) is 10.3. The van der Waals surface area contributed by atoms with Gasteiger partial charge in [0.05, 0.1) is 11.5 Å². The van der Waals surface area contributed by atoms with Crippen LogP contribution in [0.4, 0.5) is 0 Å². The fraction of sp³-hybridized carbons (Fsp3) is 0.800. The molecule has 0 bridgehead atoms. The SMILES string of the molecule is COCc1nn(CC(=O)N(C2CCCC2)C2CCS(=O)(=O)C2)c(=O)o1. The largest absolute Gasteiger partial charge is 0.437 e. The lowest BCUT2D eigenvalue weighted by Gasteiger charge is -2.33. The number of hydrogen-bond acceptors (Lipinski definition) is 7. The highest BCUT2D eigenvalue weighted by molar-refractivity contribution is 7.91. The third kappa shape index (κ3) is 4.12. The number of carbonyl (C=O) groups excluding carboxylic acids is 1. The van der Waals surface area contributed by atoms with Crippen molar-refractivity contribution >= 4 is 15.7 Å². The molecule has 2 heterocycles. The van der Waals surface area contributed by atoms with Gasteiger partial charge in [0.2, 0.25) is 11.8 Å². The maximum Gasteiger partial charge on any atom is 0.437 e. The molecule has 3 rings (SSSR count). The van der Waals surface area contributed by atoms with Gasteiger partial charge in [-0.15, -0.1) is 5.10 Å². The second-order valence-corrected chi connectivity index (χ2v) is 8.88. The minimum atomic E-state index is -3.10. The van der Waals surface area contributed by atoms with E-state index < -0.39 is 15.6 Å². The Kier molecular flexibility index (Phi) is 5.28. The van der Waals surface area contributed by atoms with Crippen LogP contribution in [0.2, 0.25) is 0 Å². The molecule has 0 aromatic carbocycles. The molecule has 1 aromatic rings. The zero-order chi connectivity index (χ0) is 18.0. The van der Waals surface area contributed by atoms with Gasteiger partial charge in [0.15, 0.2) is 9.84 Å². The highest BCUT2D eigenvalue weighted by Crippen LogP contribution is 2.29. The van der Waals surface area contributed by atoms with E-state index in [0.717, 1.165) is 30.4 Å². The van der Waals surface area contributed by atoms with Crippen molar-refractivity contribution < 1.29 is 22.4 Å². The molecule has 1 atom stereocenters. The van der Waals surface area contributed by atoms with Gasteiger partial charge in [0.25, 0.3) is 0 Å². The average molecular weight is 373 g/mol. The topological polar surface area (TPSA) is 112 Å². The van der Waals surface area contributed by atoms with E-state index in [1.54, 1.807) is 4.90 Å². The first-order chi connectivity index (χ1) is 11.9. The molecule has 0 radical (unpaired) electrons. The van der Waals surface area contributed by atoms with Crippen LogP contribution in [-0.2, 0) is 32.5 Å². The minimum Gasteiger partial charge on any atom is -0.390 e. The quantitative estimate of drug-likeness (QED) is 0.687. The predicted octanol–water partition coefficient (Wildman–Crippen LogP) is -0.0590. The Morgan fingerprint density at radius 1 is 1.32 bits per heavy atom. The molecule has 0 spiro atoms. The lowest BCUT2D eigenvalue weighted by molar-refractivity contribution is -0.136. The summed E-state index contributed by atoms with van der Waals surface area (Å²) in [5, 5.41) is 3.95. The standard InChI is InChI=1S/C15H23N3O6S/c1-23-9-13-16-17(15(20)24-13)8-14(19)18(11-4-2-3-5-11)12-6-7-25(21,22)10-12/h11-12H,2-10H2,1H3. The fourth-order valence-corrected chi connectivity index (χ4v) is 5.43. The number of carbonyl (C=O) groups is 1. The first kappa shape index (κ1) is 18.1. The summed E-state index contributed by atoms with van der Waals surface area (Å²) in [6, 6.07) is -0.284. The van der Waals surface area contributed by atoms with Gasteiger partial charge < -0.3 is 14.1 Å². The Balaban J connectivity index is 1.78. The Hall–Kier alpha value is -1.68. The zero-order valence-electron chi connectivity index (χ0n) is 14.2. The smallest absolute Gasteiger partial charge is 0.390 e. The van der Waals surface area contributed by atoms with Crippen LogP contribution in [0.1, 0.15) is 38.0 Å². The number of hydrogen-bond donors (Lipinski definition) is 0. The molecular weight excluding hydrogens is 350 g/mol. The lowest BCUT2D eigenvalue weighted by Crippen LogP contribution is -2.48. The molecule has 1 saturated carbocycles. The summed E-state index contributed by atoms with van der Waals surface area (Å²) in [4.78, 5) is 26.4. The molecule has 1 saturated heterocycles. The summed E-state index contributed by atoms with van der Waals surface area (Å²) >= 11 is 0. The number of rotatable bonds is 6. The van der Waals surface area contributed by atoms with Gasteiger partial charge in [0.1, 0.15) is 13.2 Å². The third-order valence-electron chi connectivity index (χ3n) is 4.81. The third-order valence-corrected chi connectivity index (χ3v) is 6.56. The van der Waals surface area contributed by atoms with Crippen LogP contribution in [0, 0.1) is 0 Å². The average Bonchev–Trinajstić information content (AvgIpc) is 3.23. The van der Waals surface area contributed by atoms with Crippen molar-refractivity contribution in [3.63, 3.8) is 0 Å². The van der Waals surface area contributed by atoms with E-state index in [1.165, 1.54) is 7.11 Å². The Labute approximate surface area is 145 Å². The molecule has 140 valence electrons. The number of sulfone groups is 1. The molecular formula is C15H23N3O6S. The number of amides is 1. The van der Waals surface area contributed by atoms with Gasteiger partial charge >= 0.3 is 5.76 Å². The highest BCUT2D eigenvalue weighted by atomic mass is 32.2. The van der Waals surface area contributed by atoms with Crippen molar-refractivity contribution in [3.8, 4) is 0 Å². The summed E-state index contributed by atoms with van der Waals surface area (Å²) in [6.07, 6.45) is 4.23. The molecule has 10 heteroatoms. The molecule has 9 nitrogen and oxygen atoms in total. The molecule has 1 amide bonds. The minimum absolute atomic E-state index is 0.00210. The number of nitrogens with zero attached hydrogens (tertiary/aromatic N) is 3. The number of ether oxygens (including phenoxy) is 1. The summed E-state index contributed by atoms with van der Waals surface area (Å²) < 4.78 is 34.4. The van der Waals surface area contributed by atoms with Crippen molar-refractivity contribution in [1.82, 2.24) is 14.7 Å². The summed E-state index contributed by atoms with van der Waals surface area (Å²) in [5.74, 6) is -0.788. The van der Waals surface area contributed by atoms with Crippen LogP contribution >= 0.6 is 0 Å². The molecule has 1 aliphatic carbocycles. The Bertz CT molecular complexity index is 777. The van der Waals surface area contributed by atoms with Crippen LogP contribution in [-0.4, -0.2) is 59.7 Å². The van der Waals surface area contributed by atoms with Crippen molar-refractivity contribution in [3.05, 3.63) is 16.4 Å². The van der Waals surface area contributed by atoms with Crippen molar-refractivity contribution in [2.24, 2.45) is 0 Å². The Morgan fingerprint density at radius 2 is 2.04 bits per heavy atom. The zero-order valence-corrected chi connectivity index (χ0v) is 15.0. The fourth-order valence-electron chi connectivity index (χ4n) is 3.72. The van der Waals surface area contributed by atoms with Crippen molar-refractivity contribution in [1.29, 1.82) is 0 Å². The van der Waals surface area contributed by atoms with Gasteiger partial charge in [-0.1, -0.05) is 12.8 Å². The summed E-state index contributed by atoms with van der Waals surface area (Å²) in [5.41, 5.74) is 0. The first-order valence-electron chi connectivity index (χ1n) is 8.47. The predicted molar refractivity (Wildman–Crippen MR) is 87.6 cm³/mol. The number of aromatic nitrogens is 2. The van der Waals surface area contributed by atoms with E-state index >= 15 is 0 Å². The Morgan fingerprint density at radius 3 is 2.64 bits per heavy atom. The van der Waals surface area contributed by atoms with Gasteiger partial charge in [0, 0.05) is 19.2 Å². The second kappa shape index (κ2) is 7.28. The molecule has 2 fully saturated rings. The second-order valence-electron chi connectivity index (χ2n) is 6.65. The molecule has 2 aliphatic rings. The van der Waals surface area contributed by atoms with E-state index in [2.05, 4.69) is 5.10 Å². The van der Waals surface area contributed by atoms with Crippen molar-refractivity contribution in [2.75, 3.05) is 18.6 Å². The molecule has 1 aliphatic heterocycles. The highest BCUT2D eigenvalue weighted by Gasteiger charge is 2.39. The van der Waals surface area contributed by atoms with E-state index in [1.807, 2.05) is 0 Å². The normalized spacial score (nSPS) is 23.2. The molecule has 0 N–H and O–H groups in total. The van der Waals surface area contributed by atoms with E-state index in [4.69, 9.17) is 9.15 Å². The van der Waals surface area contributed by atoms with Gasteiger partial charge in [-0.25, -0.2) is 13.2 Å². The molecule has 1 aromatic heterocycles. The van der Waals surface area contributed by atoms with Crippen molar-refractivity contribution in [2.45, 2.75) is 57.3 Å². The van der Waals surface area contributed by atoms with E-state index in [0.29, 0.717) is 6.42 Å². The van der Waals surface area contributed by atoms with E-state index in [-0.39, 0.29) is 48.5 Å². The van der Waals surface area contributed by atoms with Gasteiger partial charge in [-0.2, -0.15) is 4.68 Å². The van der Waals surface area contributed by atoms with Crippen LogP contribution in [0.25, 0.3) is 0 Å². The van der Waals surface area contributed by atoms with Crippen LogP contribution in [0.3, 0.4) is 0 Å². The van der Waals surface area contributed by atoms with Gasteiger partial charge in [-0.05, 0) is 19.3 Å². The summed E-state index contributed by atoms with van der Waals surface area (Å²) in [7, 11) is -1.65. The van der Waals surface area contributed by atoms with Crippen LogP contribution < -0.4 is 5.76 Å². The van der Waals surface area contributed by atoms with Crippen LogP contribution in [0.5, 0.6) is 0 Å². The number of methoxy groups -OCH3 is 1. The summed E-state index contributed by atoms with van der Waals surface area (Å²) in [6.45, 7) is -0.206. The van der Waals surface area contributed by atoms with E-state index in [9.17, 15) is 18.0 Å². The monoisotopic (exact) mass is 373 g/mol. The maximum atomic E-state index is 12.9. The molecule has 25 heavy (non-hydrogen) atoms. The van der Waals surface area contributed by atoms with Gasteiger partial charge in [-0.3, -0.25) is 4.79 Å². The maximum absolute atomic E-state index is 12.9. The lowest BCUT2D eigenvalue weighted by atomic mass is 10.1. The van der Waals surface area contributed by atoms with Crippen LogP contribution in [0.15, 0.2) is 9.21 Å². The molecule has 1 unspecified atom stereocenters.